The van der Waals surface area contributed by atoms with Crippen LogP contribution in [-0.2, 0) is 13.1 Å². The summed E-state index contributed by atoms with van der Waals surface area (Å²) in [6.45, 7) is 0.122. The predicted molar refractivity (Wildman–Crippen MR) is 106 cm³/mol. The maximum Gasteiger partial charge on any atom is 0.263 e. The van der Waals surface area contributed by atoms with Crippen LogP contribution in [0.15, 0.2) is 50.6 Å². The highest BCUT2D eigenvalue weighted by molar-refractivity contribution is 9.10. The largest absolute Gasteiger partial charge is 0.395 e. The van der Waals surface area contributed by atoms with E-state index < -0.39 is 16.9 Å². The topological polar surface area (TPSA) is 104 Å². The molecule has 3 aromatic rings. The van der Waals surface area contributed by atoms with E-state index in [4.69, 9.17) is 11.6 Å². The summed E-state index contributed by atoms with van der Waals surface area (Å²) in [6, 6.07) is 8.34. The van der Waals surface area contributed by atoms with Crippen LogP contribution in [-0.4, -0.2) is 27.2 Å². The van der Waals surface area contributed by atoms with E-state index in [0.717, 1.165) is 5.56 Å². The van der Waals surface area contributed by atoms with Gasteiger partial charge >= 0.3 is 0 Å². The fourth-order valence-electron chi connectivity index (χ4n) is 2.64. The molecule has 2 heterocycles. The number of nitrogens with zero attached hydrogens (tertiary/aromatic N) is 1. The fraction of sp³-hybridized carbons (Fsp3) is 0.167. The zero-order valence-corrected chi connectivity index (χ0v) is 16.3. The number of hydrogen-bond donors (Lipinski definition) is 3. The molecule has 140 valence electrons. The molecule has 0 atom stereocenters. The lowest BCUT2D eigenvalue weighted by Crippen LogP contribution is -2.30. The van der Waals surface area contributed by atoms with Crippen LogP contribution in [0.3, 0.4) is 0 Å². The summed E-state index contributed by atoms with van der Waals surface area (Å²) >= 11 is 8.93. The molecule has 0 saturated heterocycles. The van der Waals surface area contributed by atoms with Gasteiger partial charge in [-0.3, -0.25) is 14.4 Å². The van der Waals surface area contributed by atoms with Gasteiger partial charge < -0.3 is 20.0 Å². The summed E-state index contributed by atoms with van der Waals surface area (Å²) in [7, 11) is 0. The van der Waals surface area contributed by atoms with E-state index in [2.05, 4.69) is 26.2 Å². The predicted octanol–water partition coefficient (Wildman–Crippen LogP) is 2.03. The smallest absolute Gasteiger partial charge is 0.263 e. The Bertz CT molecular complexity index is 1120. The Labute approximate surface area is 166 Å². The second-order valence-corrected chi connectivity index (χ2v) is 7.10. The van der Waals surface area contributed by atoms with Gasteiger partial charge in [0.25, 0.3) is 11.5 Å². The van der Waals surface area contributed by atoms with Crippen LogP contribution in [0.4, 0.5) is 0 Å². The second kappa shape index (κ2) is 8.08. The van der Waals surface area contributed by atoms with Gasteiger partial charge in [0.2, 0.25) is 5.43 Å². The molecule has 2 aromatic heterocycles. The summed E-state index contributed by atoms with van der Waals surface area (Å²) in [5.74, 6) is -0.550. The minimum Gasteiger partial charge on any atom is -0.395 e. The maximum absolute atomic E-state index is 12.7. The number of benzene rings is 1. The Morgan fingerprint density at radius 1 is 1.26 bits per heavy atom. The zero-order valence-electron chi connectivity index (χ0n) is 14.0. The highest BCUT2D eigenvalue weighted by Gasteiger charge is 2.17. The molecule has 1 amide bonds. The van der Waals surface area contributed by atoms with Crippen molar-refractivity contribution in [3.63, 3.8) is 0 Å². The van der Waals surface area contributed by atoms with E-state index >= 15 is 0 Å². The van der Waals surface area contributed by atoms with E-state index in [9.17, 15) is 19.5 Å². The van der Waals surface area contributed by atoms with E-state index in [1.165, 1.54) is 16.8 Å². The molecule has 3 N–H and O–H groups in total. The van der Waals surface area contributed by atoms with Crippen molar-refractivity contribution in [2.45, 2.75) is 13.1 Å². The molecule has 0 aliphatic heterocycles. The average Bonchev–Trinajstić information content (AvgIpc) is 2.65. The summed E-state index contributed by atoms with van der Waals surface area (Å²) < 4.78 is 1.66. The van der Waals surface area contributed by atoms with Gasteiger partial charge in [0.1, 0.15) is 11.2 Å². The van der Waals surface area contributed by atoms with E-state index in [1.54, 1.807) is 24.3 Å². The van der Waals surface area contributed by atoms with Crippen LogP contribution in [0.2, 0.25) is 5.02 Å². The SMILES string of the molecule is O=C(NCc1ccc(Cl)cc1)c1cn(CCO)c2[nH]c(=O)c(Br)cc2c1=O. The van der Waals surface area contributed by atoms with Crippen molar-refractivity contribution in [3.05, 3.63) is 77.7 Å². The van der Waals surface area contributed by atoms with Crippen LogP contribution in [0.5, 0.6) is 0 Å². The quantitative estimate of drug-likeness (QED) is 0.551. The van der Waals surface area contributed by atoms with Crippen molar-refractivity contribution < 1.29 is 9.90 Å². The molecule has 0 fully saturated rings. The molecular weight excluding hydrogens is 438 g/mol. The number of fused-ring (bicyclic) bond motifs is 1. The number of pyridine rings is 2. The summed E-state index contributed by atoms with van der Waals surface area (Å²) in [4.78, 5) is 39.7. The average molecular weight is 453 g/mol. The van der Waals surface area contributed by atoms with E-state index in [0.29, 0.717) is 5.02 Å². The summed E-state index contributed by atoms with van der Waals surface area (Å²) in [5.41, 5.74) is 0.0786. The minimum absolute atomic E-state index is 0.0798. The normalized spacial score (nSPS) is 10.9. The molecule has 0 bridgehead atoms. The van der Waals surface area contributed by atoms with Crippen LogP contribution >= 0.6 is 27.5 Å². The molecule has 0 aliphatic rings. The molecular formula is C18H15BrClN3O4. The van der Waals surface area contributed by atoms with Gasteiger partial charge in [0.05, 0.1) is 16.5 Å². The first kappa shape index (κ1) is 19.3. The van der Waals surface area contributed by atoms with Gasteiger partial charge in [0, 0.05) is 24.3 Å². The van der Waals surface area contributed by atoms with Crippen molar-refractivity contribution in [2.24, 2.45) is 0 Å². The fourth-order valence-corrected chi connectivity index (χ4v) is 3.10. The monoisotopic (exact) mass is 451 g/mol. The lowest BCUT2D eigenvalue weighted by molar-refractivity contribution is 0.0949. The molecule has 0 radical (unpaired) electrons. The van der Waals surface area contributed by atoms with E-state index in [1.807, 2.05) is 0 Å². The zero-order chi connectivity index (χ0) is 19.6. The first-order chi connectivity index (χ1) is 12.9. The summed E-state index contributed by atoms with van der Waals surface area (Å²) in [6.07, 6.45) is 1.34. The number of aliphatic hydroxyl groups is 1. The Balaban J connectivity index is 2.00. The Morgan fingerprint density at radius 2 is 1.96 bits per heavy atom. The molecule has 0 spiro atoms. The van der Waals surface area contributed by atoms with Crippen LogP contribution < -0.4 is 16.3 Å². The van der Waals surface area contributed by atoms with Gasteiger partial charge in [-0.15, -0.1) is 0 Å². The van der Waals surface area contributed by atoms with Gasteiger partial charge in [-0.05, 0) is 39.7 Å². The highest BCUT2D eigenvalue weighted by Crippen LogP contribution is 2.13. The van der Waals surface area contributed by atoms with E-state index in [-0.39, 0.29) is 40.8 Å². The number of aliphatic hydroxyl groups excluding tert-OH is 1. The lowest BCUT2D eigenvalue weighted by atomic mass is 10.1. The van der Waals surface area contributed by atoms with Crippen LogP contribution in [0, 0.1) is 0 Å². The number of aromatic amines is 1. The van der Waals surface area contributed by atoms with Gasteiger partial charge in [-0.25, -0.2) is 0 Å². The first-order valence-electron chi connectivity index (χ1n) is 8.00. The number of halogens is 2. The number of nitrogens with one attached hydrogen (secondary N) is 2. The molecule has 3 rings (SSSR count). The van der Waals surface area contributed by atoms with Gasteiger partial charge in [-0.2, -0.15) is 0 Å². The maximum atomic E-state index is 12.7. The van der Waals surface area contributed by atoms with Gasteiger partial charge in [0.15, 0.2) is 0 Å². The second-order valence-electron chi connectivity index (χ2n) is 5.81. The Kier molecular flexibility index (Phi) is 5.79. The first-order valence-corrected chi connectivity index (χ1v) is 9.17. The summed E-state index contributed by atoms with van der Waals surface area (Å²) in [5, 5.41) is 12.7. The molecule has 9 heteroatoms. The minimum atomic E-state index is -0.550. The molecule has 27 heavy (non-hydrogen) atoms. The number of aromatic nitrogens is 2. The van der Waals surface area contributed by atoms with Crippen molar-refractivity contribution in [2.75, 3.05) is 6.61 Å². The molecule has 0 aliphatic carbocycles. The number of carbonyl (C=O) groups is 1. The Morgan fingerprint density at radius 3 is 2.63 bits per heavy atom. The van der Waals surface area contributed by atoms with Crippen molar-refractivity contribution in [3.8, 4) is 0 Å². The molecule has 1 aromatic carbocycles. The highest BCUT2D eigenvalue weighted by atomic mass is 79.9. The lowest BCUT2D eigenvalue weighted by Gasteiger charge is -2.12. The van der Waals surface area contributed by atoms with Crippen molar-refractivity contribution >= 4 is 44.5 Å². The number of rotatable bonds is 5. The number of hydrogen-bond acceptors (Lipinski definition) is 4. The standard InChI is InChI=1S/C18H15BrClN3O4/c19-14-7-12-15(25)13(9-23(5-6-24)16(12)22-18(14)27)17(26)21-8-10-1-3-11(20)4-2-10/h1-4,7,9,24H,5-6,8H2,(H,21,26)(H,22,27). The van der Waals surface area contributed by atoms with Crippen molar-refractivity contribution in [1.82, 2.24) is 14.9 Å². The van der Waals surface area contributed by atoms with Crippen LogP contribution in [0.1, 0.15) is 15.9 Å². The molecule has 7 nitrogen and oxygen atoms in total. The van der Waals surface area contributed by atoms with Crippen LogP contribution in [0.25, 0.3) is 11.0 Å². The number of H-pyrrole nitrogens is 1. The third-order valence-electron chi connectivity index (χ3n) is 3.99. The Hall–Kier alpha value is -2.42. The molecule has 0 saturated carbocycles. The third kappa shape index (κ3) is 4.13. The molecule has 0 unspecified atom stereocenters. The number of amides is 1. The third-order valence-corrected chi connectivity index (χ3v) is 4.83. The van der Waals surface area contributed by atoms with Gasteiger partial charge in [-0.1, -0.05) is 23.7 Å². The number of carbonyl (C=O) groups excluding carboxylic acids is 1. The van der Waals surface area contributed by atoms with Crippen molar-refractivity contribution in [1.29, 1.82) is 0 Å².